The summed E-state index contributed by atoms with van der Waals surface area (Å²) in [7, 11) is 0. The Kier molecular flexibility index (Phi) is 6.75. The predicted octanol–water partition coefficient (Wildman–Crippen LogP) is 6.09. The molecule has 0 saturated carbocycles. The quantitative estimate of drug-likeness (QED) is 0.540. The van der Waals surface area contributed by atoms with Crippen molar-refractivity contribution in [1.29, 1.82) is 0 Å². The zero-order valence-corrected chi connectivity index (χ0v) is 19.5. The fourth-order valence-electron chi connectivity index (χ4n) is 4.48. The number of aromatic nitrogens is 1. The highest BCUT2D eigenvalue weighted by molar-refractivity contribution is 6.42. The smallest absolute Gasteiger partial charge is 0.163 e. The average molecular weight is 473 g/mol. The van der Waals surface area contributed by atoms with E-state index in [0.29, 0.717) is 42.2 Å². The van der Waals surface area contributed by atoms with E-state index < -0.39 is 0 Å². The van der Waals surface area contributed by atoms with Gasteiger partial charge in [0.05, 0.1) is 29.8 Å². The van der Waals surface area contributed by atoms with E-state index in [1.165, 1.54) is 12.3 Å². The molecule has 35 heavy (non-hydrogen) atoms. The van der Waals surface area contributed by atoms with Crippen molar-refractivity contribution >= 4 is 23.3 Å². The van der Waals surface area contributed by atoms with Crippen LogP contribution in [0, 0.1) is 17.6 Å². The molecule has 5 rings (SSSR count). The molecule has 178 valence electrons. The summed E-state index contributed by atoms with van der Waals surface area (Å²) in [6, 6.07) is 8.22. The average Bonchev–Trinajstić information content (AvgIpc) is 3.19. The molecule has 0 amide bonds. The van der Waals surface area contributed by atoms with Gasteiger partial charge in [-0.05, 0) is 55.5 Å². The molecule has 0 saturated heterocycles. The Morgan fingerprint density at radius 1 is 1.06 bits per heavy atom. The molecule has 0 radical (unpaired) electrons. The van der Waals surface area contributed by atoms with Gasteiger partial charge in [0.15, 0.2) is 5.84 Å². The van der Waals surface area contributed by atoms with E-state index in [2.05, 4.69) is 20.0 Å². The van der Waals surface area contributed by atoms with Gasteiger partial charge in [0.2, 0.25) is 0 Å². The molecule has 4 heterocycles. The fraction of sp³-hybridized carbons (Fsp3) is 0.286. The zero-order valence-electron chi connectivity index (χ0n) is 19.5. The highest BCUT2D eigenvalue weighted by Crippen LogP contribution is 2.31. The van der Waals surface area contributed by atoms with Crippen molar-refractivity contribution in [2.24, 2.45) is 20.9 Å². The number of pyridine rings is 1. The first-order valence-electron chi connectivity index (χ1n) is 11.8. The largest absolute Gasteiger partial charge is 0.498 e. The van der Waals surface area contributed by atoms with Crippen LogP contribution in [0.1, 0.15) is 43.7 Å². The zero-order chi connectivity index (χ0) is 24.2. The summed E-state index contributed by atoms with van der Waals surface area (Å²) in [5, 5.41) is 0. The van der Waals surface area contributed by atoms with Gasteiger partial charge in [0, 0.05) is 37.4 Å². The lowest BCUT2D eigenvalue weighted by Gasteiger charge is -2.16. The number of ether oxygens (including phenoxy) is 1. The Balaban J connectivity index is 1.32. The van der Waals surface area contributed by atoms with Gasteiger partial charge in [-0.3, -0.25) is 9.98 Å². The van der Waals surface area contributed by atoms with E-state index in [1.54, 1.807) is 36.7 Å². The lowest BCUT2D eigenvalue weighted by Crippen LogP contribution is -2.08. The Labute approximate surface area is 203 Å². The van der Waals surface area contributed by atoms with Crippen molar-refractivity contribution in [3.63, 3.8) is 0 Å². The standard InChI is InChI=1S/C28H26F2N4O/c1-18-10-12-35-20(14-23(18)21-9-11-31-16-25(21)30)13-19-5-4-8-26-27(17-32-15-19)34-28(33-26)22-6-2-3-7-24(22)29/h2-3,6-9,11,14,16-17,19H,4-5,10,12-13,15H2,1H3. The van der Waals surface area contributed by atoms with Crippen molar-refractivity contribution in [2.45, 2.75) is 32.6 Å². The number of halogens is 2. The highest BCUT2D eigenvalue weighted by atomic mass is 19.1. The molecule has 0 N–H and O–H groups in total. The highest BCUT2D eigenvalue weighted by Gasteiger charge is 2.22. The summed E-state index contributed by atoms with van der Waals surface area (Å²) in [5.41, 5.74) is 4.28. The Hall–Kier alpha value is -3.74. The van der Waals surface area contributed by atoms with Crippen LogP contribution in [0.15, 0.2) is 86.9 Å². The third-order valence-electron chi connectivity index (χ3n) is 6.40. The van der Waals surface area contributed by atoms with Gasteiger partial charge in [-0.25, -0.2) is 18.8 Å². The molecule has 3 aliphatic heterocycles. The van der Waals surface area contributed by atoms with Gasteiger partial charge in [-0.1, -0.05) is 23.8 Å². The monoisotopic (exact) mass is 472 g/mol. The predicted molar refractivity (Wildman–Crippen MR) is 135 cm³/mol. The topological polar surface area (TPSA) is 59.2 Å². The molecule has 0 aliphatic carbocycles. The number of hydrogen-bond donors (Lipinski definition) is 0. The van der Waals surface area contributed by atoms with Crippen molar-refractivity contribution in [1.82, 2.24) is 4.98 Å². The third kappa shape index (κ3) is 5.19. The van der Waals surface area contributed by atoms with Crippen LogP contribution in [-0.2, 0) is 4.74 Å². The molecule has 1 atom stereocenters. The first-order chi connectivity index (χ1) is 17.1. The lowest BCUT2D eigenvalue weighted by molar-refractivity contribution is 0.196. The van der Waals surface area contributed by atoms with Crippen LogP contribution in [-0.4, -0.2) is 35.9 Å². The molecule has 0 spiro atoms. The first kappa shape index (κ1) is 23.0. The van der Waals surface area contributed by atoms with Gasteiger partial charge >= 0.3 is 0 Å². The van der Waals surface area contributed by atoms with E-state index in [9.17, 15) is 8.78 Å². The number of benzene rings is 1. The van der Waals surface area contributed by atoms with E-state index in [-0.39, 0.29) is 17.6 Å². The summed E-state index contributed by atoms with van der Waals surface area (Å²) < 4.78 is 34.7. The number of allylic oxidation sites excluding steroid dienone is 5. The van der Waals surface area contributed by atoms with Gasteiger partial charge in [-0.15, -0.1) is 0 Å². The van der Waals surface area contributed by atoms with Crippen LogP contribution in [0.3, 0.4) is 0 Å². The maximum Gasteiger partial charge on any atom is 0.163 e. The summed E-state index contributed by atoms with van der Waals surface area (Å²) in [4.78, 5) is 17.6. The number of nitrogens with zero attached hydrogens (tertiary/aromatic N) is 4. The molecule has 0 bridgehead atoms. The number of rotatable bonds is 4. The normalized spacial score (nSPS) is 20.4. The van der Waals surface area contributed by atoms with Crippen molar-refractivity contribution in [3.8, 4) is 0 Å². The number of aliphatic imine (C=N–C) groups is 3. The second kappa shape index (κ2) is 10.3. The molecule has 1 unspecified atom stereocenters. The van der Waals surface area contributed by atoms with E-state index in [4.69, 9.17) is 4.74 Å². The van der Waals surface area contributed by atoms with Crippen LogP contribution in [0.4, 0.5) is 8.78 Å². The summed E-state index contributed by atoms with van der Waals surface area (Å²) >= 11 is 0. The molecule has 1 aromatic heterocycles. The third-order valence-corrected chi connectivity index (χ3v) is 6.40. The number of fused-ring (bicyclic) bond motifs is 1. The van der Waals surface area contributed by atoms with Gasteiger partial charge < -0.3 is 4.74 Å². The second-order valence-corrected chi connectivity index (χ2v) is 8.90. The van der Waals surface area contributed by atoms with Crippen molar-refractivity contribution < 1.29 is 13.5 Å². The minimum atomic E-state index is -0.341. The molecule has 3 aliphatic rings. The summed E-state index contributed by atoms with van der Waals surface area (Å²) in [6.07, 6.45) is 11.7. The minimum absolute atomic E-state index is 0.255. The van der Waals surface area contributed by atoms with E-state index in [1.807, 2.05) is 19.1 Å². The Morgan fingerprint density at radius 3 is 2.80 bits per heavy atom. The SMILES string of the molecule is CC1=C(c2ccncc2F)C=C(CC2CCC=C3N=C(c4ccccc4F)N=C3C=NC2)OCC1. The summed E-state index contributed by atoms with van der Waals surface area (Å²) in [5.74, 6) is 0.804. The fourth-order valence-corrected chi connectivity index (χ4v) is 4.48. The Bertz CT molecular complexity index is 1320. The molecular formula is C28H26F2N4O. The van der Waals surface area contributed by atoms with Crippen LogP contribution in [0.5, 0.6) is 0 Å². The van der Waals surface area contributed by atoms with Gasteiger partial charge in [0.1, 0.15) is 17.3 Å². The van der Waals surface area contributed by atoms with E-state index in [0.717, 1.165) is 41.9 Å². The number of hydrogen-bond acceptors (Lipinski definition) is 5. The maximum absolute atomic E-state index is 14.4. The van der Waals surface area contributed by atoms with Gasteiger partial charge in [0.25, 0.3) is 0 Å². The first-order valence-corrected chi connectivity index (χ1v) is 11.8. The second-order valence-electron chi connectivity index (χ2n) is 8.90. The molecule has 5 nitrogen and oxygen atoms in total. The molecular weight excluding hydrogens is 446 g/mol. The van der Waals surface area contributed by atoms with Gasteiger partial charge in [-0.2, -0.15) is 0 Å². The maximum atomic E-state index is 14.4. The van der Waals surface area contributed by atoms with Crippen LogP contribution < -0.4 is 0 Å². The molecule has 1 aromatic carbocycles. The van der Waals surface area contributed by atoms with Crippen LogP contribution in [0.25, 0.3) is 5.57 Å². The van der Waals surface area contributed by atoms with Crippen LogP contribution >= 0.6 is 0 Å². The molecule has 0 fully saturated rings. The molecule has 7 heteroatoms. The van der Waals surface area contributed by atoms with Crippen molar-refractivity contribution in [3.05, 3.63) is 94.7 Å². The van der Waals surface area contributed by atoms with Crippen LogP contribution in [0.2, 0.25) is 0 Å². The Morgan fingerprint density at radius 2 is 1.94 bits per heavy atom. The summed E-state index contributed by atoms with van der Waals surface area (Å²) in [6.45, 7) is 3.19. The molecule has 2 aromatic rings. The van der Waals surface area contributed by atoms with Crippen molar-refractivity contribution in [2.75, 3.05) is 13.2 Å². The van der Waals surface area contributed by atoms with E-state index >= 15 is 0 Å². The minimum Gasteiger partial charge on any atom is -0.498 e. The lowest BCUT2D eigenvalue weighted by atomic mass is 9.95. The number of amidine groups is 1.